The number of aliphatic hydroxyl groups is 1. The van der Waals surface area contributed by atoms with Crippen LogP contribution in [-0.4, -0.2) is 34.5 Å². The second-order valence-corrected chi connectivity index (χ2v) is 4.32. The minimum absolute atomic E-state index is 0.0485. The molecule has 0 aliphatic heterocycles. The van der Waals surface area contributed by atoms with Crippen LogP contribution in [-0.2, 0) is 7.05 Å². The predicted molar refractivity (Wildman–Crippen MR) is 68.7 cm³/mol. The van der Waals surface area contributed by atoms with Crippen LogP contribution in [0.2, 0.25) is 0 Å². The molecule has 0 aliphatic rings. The van der Waals surface area contributed by atoms with E-state index in [0.717, 1.165) is 19.3 Å². The zero-order valence-corrected chi connectivity index (χ0v) is 10.9. The lowest BCUT2D eigenvalue weighted by atomic mass is 10.2. The molecule has 1 amide bonds. The number of aryl methyl sites for hydroxylation is 1. The zero-order chi connectivity index (χ0) is 13.5. The Hall–Kier alpha value is -1.62. The summed E-state index contributed by atoms with van der Waals surface area (Å²) >= 11 is 0. The van der Waals surface area contributed by atoms with Gasteiger partial charge in [0.15, 0.2) is 5.78 Å². The summed E-state index contributed by atoms with van der Waals surface area (Å²) in [5, 5.41) is 11.4. The first-order valence-electron chi connectivity index (χ1n) is 6.12. The van der Waals surface area contributed by atoms with E-state index in [1.54, 1.807) is 23.9 Å². The summed E-state index contributed by atoms with van der Waals surface area (Å²) in [4.78, 5) is 23.0. The van der Waals surface area contributed by atoms with E-state index in [1.165, 1.54) is 6.92 Å². The summed E-state index contributed by atoms with van der Waals surface area (Å²) in [6, 6.07) is 1.60. The molecule has 1 heterocycles. The number of nitrogens with zero attached hydrogens (tertiary/aromatic N) is 1. The highest BCUT2D eigenvalue weighted by molar-refractivity contribution is 5.99. The maximum atomic E-state index is 11.8. The summed E-state index contributed by atoms with van der Waals surface area (Å²) in [5.41, 5.74) is 1.03. The van der Waals surface area contributed by atoms with Crippen molar-refractivity contribution in [3.63, 3.8) is 0 Å². The van der Waals surface area contributed by atoms with Crippen molar-refractivity contribution in [2.45, 2.75) is 26.2 Å². The van der Waals surface area contributed by atoms with Gasteiger partial charge in [-0.1, -0.05) is 0 Å². The standard InChI is InChI=1S/C13H20N2O3/c1-10(17)11-8-12(15(2)9-11)13(18)14-6-4-3-5-7-16/h8-9,16H,3-7H2,1-2H3,(H,14,18). The van der Waals surface area contributed by atoms with E-state index in [9.17, 15) is 9.59 Å². The van der Waals surface area contributed by atoms with Crippen molar-refractivity contribution in [2.75, 3.05) is 13.2 Å². The predicted octanol–water partition coefficient (Wildman–Crippen LogP) is 1.12. The number of hydrogen-bond donors (Lipinski definition) is 2. The van der Waals surface area contributed by atoms with Gasteiger partial charge < -0.3 is 15.0 Å². The van der Waals surface area contributed by atoms with Crippen LogP contribution in [0.3, 0.4) is 0 Å². The lowest BCUT2D eigenvalue weighted by Crippen LogP contribution is -2.26. The van der Waals surface area contributed by atoms with Crippen LogP contribution in [0.1, 0.15) is 47.0 Å². The van der Waals surface area contributed by atoms with Gasteiger partial charge in [0.1, 0.15) is 5.69 Å². The minimum atomic E-state index is -0.172. The van der Waals surface area contributed by atoms with E-state index in [1.807, 2.05) is 0 Å². The number of Topliss-reactive ketones (excluding diaryl/α,β-unsaturated/α-hetero) is 1. The van der Waals surface area contributed by atoms with Gasteiger partial charge in [-0.05, 0) is 32.3 Å². The van der Waals surface area contributed by atoms with Crippen LogP contribution >= 0.6 is 0 Å². The minimum Gasteiger partial charge on any atom is -0.396 e. The number of carbonyl (C=O) groups is 2. The van der Waals surface area contributed by atoms with Crippen LogP contribution in [0.25, 0.3) is 0 Å². The molecular weight excluding hydrogens is 232 g/mol. The average Bonchev–Trinajstić information content (AvgIpc) is 2.71. The molecule has 0 fully saturated rings. The van der Waals surface area contributed by atoms with Gasteiger partial charge in [-0.2, -0.15) is 0 Å². The van der Waals surface area contributed by atoms with Crippen molar-refractivity contribution in [3.8, 4) is 0 Å². The molecule has 1 aromatic heterocycles. The van der Waals surface area contributed by atoms with Gasteiger partial charge in [0, 0.05) is 32.0 Å². The molecule has 18 heavy (non-hydrogen) atoms. The third-order valence-electron chi connectivity index (χ3n) is 2.76. The first-order valence-corrected chi connectivity index (χ1v) is 6.12. The highest BCUT2D eigenvalue weighted by Crippen LogP contribution is 2.08. The molecule has 0 bridgehead atoms. The molecule has 0 saturated carbocycles. The fourth-order valence-corrected chi connectivity index (χ4v) is 1.69. The second kappa shape index (κ2) is 6.96. The first-order chi connectivity index (χ1) is 8.56. The van der Waals surface area contributed by atoms with Gasteiger partial charge in [0.25, 0.3) is 5.91 Å². The van der Waals surface area contributed by atoms with Gasteiger partial charge in [0.05, 0.1) is 0 Å². The molecule has 0 unspecified atom stereocenters. The van der Waals surface area contributed by atoms with Crippen LogP contribution in [0.5, 0.6) is 0 Å². The maximum Gasteiger partial charge on any atom is 0.267 e. The Balaban J connectivity index is 2.48. The molecule has 0 radical (unpaired) electrons. The molecule has 0 aromatic carbocycles. The molecule has 0 spiro atoms. The highest BCUT2D eigenvalue weighted by atomic mass is 16.2. The Morgan fingerprint density at radius 3 is 2.61 bits per heavy atom. The van der Waals surface area contributed by atoms with Crippen LogP contribution in [0, 0.1) is 0 Å². The molecule has 5 nitrogen and oxygen atoms in total. The molecule has 1 aromatic rings. The Kier molecular flexibility index (Phi) is 5.58. The number of carbonyl (C=O) groups excluding carboxylic acids is 2. The summed E-state index contributed by atoms with van der Waals surface area (Å²) in [5.74, 6) is -0.221. The lowest BCUT2D eigenvalue weighted by Gasteiger charge is -2.05. The van der Waals surface area contributed by atoms with Crippen LogP contribution in [0.4, 0.5) is 0 Å². The number of amides is 1. The SMILES string of the molecule is CC(=O)c1cc(C(=O)NCCCCCO)n(C)c1. The van der Waals surface area contributed by atoms with E-state index in [-0.39, 0.29) is 18.3 Å². The van der Waals surface area contributed by atoms with Crippen molar-refractivity contribution in [3.05, 3.63) is 23.5 Å². The molecule has 2 N–H and O–H groups in total. The maximum absolute atomic E-state index is 11.8. The monoisotopic (exact) mass is 252 g/mol. The average molecular weight is 252 g/mol. The van der Waals surface area contributed by atoms with Gasteiger partial charge in [-0.15, -0.1) is 0 Å². The number of aromatic nitrogens is 1. The Labute approximate surface area is 107 Å². The number of unbranched alkanes of at least 4 members (excludes halogenated alkanes) is 2. The third kappa shape index (κ3) is 4.00. The Bertz CT molecular complexity index is 424. The summed E-state index contributed by atoms with van der Waals surface area (Å²) in [7, 11) is 1.74. The fourth-order valence-electron chi connectivity index (χ4n) is 1.69. The lowest BCUT2D eigenvalue weighted by molar-refractivity contribution is 0.0944. The zero-order valence-electron chi connectivity index (χ0n) is 10.9. The quantitative estimate of drug-likeness (QED) is 0.564. The number of aliphatic hydroxyl groups excluding tert-OH is 1. The first kappa shape index (κ1) is 14.4. The van der Waals surface area contributed by atoms with Crippen molar-refractivity contribution in [1.29, 1.82) is 0 Å². The van der Waals surface area contributed by atoms with Crippen molar-refractivity contribution in [2.24, 2.45) is 7.05 Å². The van der Waals surface area contributed by atoms with E-state index < -0.39 is 0 Å². The van der Waals surface area contributed by atoms with Gasteiger partial charge >= 0.3 is 0 Å². The molecular formula is C13H20N2O3. The number of ketones is 1. The van der Waals surface area contributed by atoms with Gasteiger partial charge in [-0.3, -0.25) is 9.59 Å². The van der Waals surface area contributed by atoms with Crippen molar-refractivity contribution < 1.29 is 14.7 Å². The summed E-state index contributed by atoms with van der Waals surface area (Å²) < 4.78 is 1.65. The van der Waals surface area contributed by atoms with Crippen molar-refractivity contribution in [1.82, 2.24) is 9.88 Å². The fraction of sp³-hybridized carbons (Fsp3) is 0.538. The van der Waals surface area contributed by atoms with E-state index in [4.69, 9.17) is 5.11 Å². The normalized spacial score (nSPS) is 10.4. The summed E-state index contributed by atoms with van der Waals surface area (Å²) in [6.45, 7) is 2.25. The van der Waals surface area contributed by atoms with Gasteiger partial charge in [0.2, 0.25) is 0 Å². The van der Waals surface area contributed by atoms with Gasteiger partial charge in [-0.25, -0.2) is 0 Å². The Morgan fingerprint density at radius 1 is 1.33 bits per heavy atom. The number of nitrogens with one attached hydrogen (secondary N) is 1. The van der Waals surface area contributed by atoms with Crippen LogP contribution in [0.15, 0.2) is 12.3 Å². The number of rotatable bonds is 7. The van der Waals surface area contributed by atoms with E-state index >= 15 is 0 Å². The summed E-state index contributed by atoms with van der Waals surface area (Å²) in [6.07, 6.45) is 4.15. The highest BCUT2D eigenvalue weighted by Gasteiger charge is 2.12. The topological polar surface area (TPSA) is 71.3 Å². The molecule has 0 atom stereocenters. The van der Waals surface area contributed by atoms with E-state index in [0.29, 0.717) is 17.8 Å². The number of hydrogen-bond acceptors (Lipinski definition) is 3. The molecule has 0 aliphatic carbocycles. The molecule has 0 saturated heterocycles. The largest absolute Gasteiger partial charge is 0.396 e. The van der Waals surface area contributed by atoms with Crippen molar-refractivity contribution >= 4 is 11.7 Å². The molecule has 5 heteroatoms. The second-order valence-electron chi connectivity index (χ2n) is 4.32. The Morgan fingerprint density at radius 2 is 2.06 bits per heavy atom. The molecule has 100 valence electrons. The molecule has 1 rings (SSSR count). The third-order valence-corrected chi connectivity index (χ3v) is 2.76. The van der Waals surface area contributed by atoms with Crippen LogP contribution < -0.4 is 5.32 Å². The van der Waals surface area contributed by atoms with E-state index in [2.05, 4.69) is 5.32 Å². The smallest absolute Gasteiger partial charge is 0.267 e.